The first-order chi connectivity index (χ1) is 9.30. The highest BCUT2D eigenvalue weighted by molar-refractivity contribution is 6.10. The minimum Gasteiger partial charge on any atom is -0.355 e. The monoisotopic (exact) mass is 276 g/mol. The smallest absolute Gasteiger partial charge is 0.239 e. The topological polar surface area (TPSA) is 58.2 Å². The third-order valence-corrected chi connectivity index (χ3v) is 3.52. The Labute approximate surface area is 121 Å². The average molecular weight is 276 g/mol. The van der Waals surface area contributed by atoms with Crippen molar-refractivity contribution in [1.82, 2.24) is 5.32 Å². The lowest BCUT2D eigenvalue weighted by Gasteiger charge is -2.23. The lowest BCUT2D eigenvalue weighted by molar-refractivity contribution is -0.138. The molecule has 0 atom stereocenters. The minimum atomic E-state index is -1.09. The van der Waals surface area contributed by atoms with Gasteiger partial charge in [-0.15, -0.1) is 0 Å². The van der Waals surface area contributed by atoms with E-state index >= 15 is 0 Å². The summed E-state index contributed by atoms with van der Waals surface area (Å²) in [5, 5.41) is 5.61. The van der Waals surface area contributed by atoms with Crippen LogP contribution < -0.4 is 10.6 Å². The molecule has 110 valence electrons. The summed E-state index contributed by atoms with van der Waals surface area (Å²) in [7, 11) is 0. The molecule has 1 aromatic carbocycles. The van der Waals surface area contributed by atoms with Gasteiger partial charge in [0.05, 0.1) is 0 Å². The normalized spacial score (nSPS) is 11.1. The van der Waals surface area contributed by atoms with Crippen LogP contribution in [0.1, 0.15) is 38.3 Å². The Hall–Kier alpha value is -1.84. The summed E-state index contributed by atoms with van der Waals surface area (Å²) in [6.45, 7) is 9.78. The first-order valence-corrected chi connectivity index (χ1v) is 6.96. The number of aryl methyl sites for hydroxylation is 1. The maximum atomic E-state index is 12.3. The second-order valence-electron chi connectivity index (χ2n) is 5.58. The zero-order valence-corrected chi connectivity index (χ0v) is 13.0. The number of hydrogen-bond acceptors (Lipinski definition) is 2. The summed E-state index contributed by atoms with van der Waals surface area (Å²) in [6.07, 6.45) is 0.848. The van der Waals surface area contributed by atoms with Crippen molar-refractivity contribution in [2.45, 2.75) is 41.0 Å². The van der Waals surface area contributed by atoms with E-state index in [9.17, 15) is 9.59 Å². The molecule has 0 aliphatic rings. The van der Waals surface area contributed by atoms with Crippen LogP contribution in [-0.2, 0) is 9.59 Å². The van der Waals surface area contributed by atoms with Gasteiger partial charge in [0, 0.05) is 12.2 Å². The Kier molecular flexibility index (Phi) is 5.31. The highest BCUT2D eigenvalue weighted by Crippen LogP contribution is 2.22. The van der Waals surface area contributed by atoms with E-state index in [0.29, 0.717) is 6.54 Å². The van der Waals surface area contributed by atoms with Crippen molar-refractivity contribution in [2.75, 3.05) is 11.9 Å². The summed E-state index contributed by atoms with van der Waals surface area (Å²) in [5.41, 5.74) is 1.79. The highest BCUT2D eigenvalue weighted by atomic mass is 16.2. The van der Waals surface area contributed by atoms with Crippen LogP contribution >= 0.6 is 0 Å². The highest BCUT2D eigenvalue weighted by Gasteiger charge is 2.35. The number of hydrogen-bond donors (Lipinski definition) is 2. The van der Waals surface area contributed by atoms with Crippen LogP contribution in [0.25, 0.3) is 0 Å². The van der Waals surface area contributed by atoms with E-state index in [2.05, 4.69) is 10.6 Å². The van der Waals surface area contributed by atoms with E-state index in [0.717, 1.165) is 23.2 Å². The molecule has 2 amide bonds. The van der Waals surface area contributed by atoms with Gasteiger partial charge in [-0.1, -0.05) is 19.1 Å². The zero-order valence-electron chi connectivity index (χ0n) is 13.0. The molecule has 4 heteroatoms. The molecule has 0 aliphatic carbocycles. The van der Waals surface area contributed by atoms with Gasteiger partial charge >= 0.3 is 0 Å². The summed E-state index contributed by atoms with van der Waals surface area (Å²) in [6, 6.07) is 5.73. The number of benzene rings is 1. The molecule has 1 aromatic rings. The summed E-state index contributed by atoms with van der Waals surface area (Å²) in [4.78, 5) is 24.4. The summed E-state index contributed by atoms with van der Waals surface area (Å²) >= 11 is 0. The number of anilines is 1. The van der Waals surface area contributed by atoms with Crippen LogP contribution in [0, 0.1) is 19.3 Å². The Morgan fingerprint density at radius 1 is 1.15 bits per heavy atom. The number of nitrogens with one attached hydrogen (secondary N) is 2. The first-order valence-electron chi connectivity index (χ1n) is 6.96. The maximum Gasteiger partial charge on any atom is 0.239 e. The zero-order chi connectivity index (χ0) is 15.3. The number of amides is 2. The molecule has 0 saturated heterocycles. The fourth-order valence-corrected chi connectivity index (χ4v) is 1.73. The Bertz CT molecular complexity index is 507. The van der Waals surface area contributed by atoms with Crippen molar-refractivity contribution in [2.24, 2.45) is 5.41 Å². The van der Waals surface area contributed by atoms with E-state index in [1.807, 2.05) is 39.0 Å². The van der Waals surface area contributed by atoms with Gasteiger partial charge in [-0.3, -0.25) is 9.59 Å². The van der Waals surface area contributed by atoms with Gasteiger partial charge < -0.3 is 10.6 Å². The van der Waals surface area contributed by atoms with E-state index in [1.54, 1.807) is 13.8 Å². The van der Waals surface area contributed by atoms with Gasteiger partial charge in [0.2, 0.25) is 11.8 Å². The predicted octanol–water partition coefficient (Wildman–Crippen LogP) is 2.79. The largest absolute Gasteiger partial charge is 0.355 e. The summed E-state index contributed by atoms with van der Waals surface area (Å²) < 4.78 is 0. The van der Waals surface area contributed by atoms with Crippen LogP contribution in [0.15, 0.2) is 18.2 Å². The molecule has 0 bridgehead atoms. The molecule has 2 N–H and O–H groups in total. The van der Waals surface area contributed by atoms with E-state index in [-0.39, 0.29) is 11.8 Å². The first kappa shape index (κ1) is 16.2. The summed E-state index contributed by atoms with van der Waals surface area (Å²) in [5.74, 6) is -0.540. The molecule has 0 spiro atoms. The molecule has 0 unspecified atom stereocenters. The van der Waals surface area contributed by atoms with Gasteiger partial charge in [0.1, 0.15) is 5.41 Å². The van der Waals surface area contributed by atoms with Crippen LogP contribution in [0.4, 0.5) is 5.69 Å². The third-order valence-electron chi connectivity index (χ3n) is 3.52. The van der Waals surface area contributed by atoms with Gasteiger partial charge in [-0.05, 0) is 51.3 Å². The molecule has 0 radical (unpaired) electrons. The van der Waals surface area contributed by atoms with E-state index in [4.69, 9.17) is 0 Å². The standard InChI is InChI=1S/C16H24N2O2/c1-6-10-17-14(19)16(4,5)15(20)18-13-9-7-8-11(2)12(13)3/h7-9H,6,10H2,1-5H3,(H,17,19)(H,18,20). The molecule has 0 aromatic heterocycles. The maximum absolute atomic E-state index is 12.3. The molecule has 0 fully saturated rings. The molecule has 1 rings (SSSR count). The van der Waals surface area contributed by atoms with Crippen LogP contribution in [0.2, 0.25) is 0 Å². The van der Waals surface area contributed by atoms with E-state index < -0.39 is 5.41 Å². The number of rotatable bonds is 5. The lowest BCUT2D eigenvalue weighted by Crippen LogP contribution is -2.45. The van der Waals surface area contributed by atoms with Gasteiger partial charge in [0.15, 0.2) is 0 Å². The predicted molar refractivity (Wildman–Crippen MR) is 81.6 cm³/mol. The van der Waals surface area contributed by atoms with E-state index in [1.165, 1.54) is 0 Å². The van der Waals surface area contributed by atoms with Crippen LogP contribution in [0.5, 0.6) is 0 Å². The van der Waals surface area contributed by atoms with Crippen molar-refractivity contribution in [3.8, 4) is 0 Å². The molecule has 4 nitrogen and oxygen atoms in total. The van der Waals surface area contributed by atoms with Crippen molar-refractivity contribution in [3.63, 3.8) is 0 Å². The van der Waals surface area contributed by atoms with Crippen LogP contribution in [-0.4, -0.2) is 18.4 Å². The van der Waals surface area contributed by atoms with Gasteiger partial charge in [0.25, 0.3) is 0 Å². The molecular formula is C16H24N2O2. The van der Waals surface area contributed by atoms with Crippen molar-refractivity contribution < 1.29 is 9.59 Å². The fraction of sp³-hybridized carbons (Fsp3) is 0.500. The number of carbonyl (C=O) groups excluding carboxylic acids is 2. The molecule has 0 saturated carbocycles. The quantitative estimate of drug-likeness (QED) is 0.812. The Morgan fingerprint density at radius 2 is 1.80 bits per heavy atom. The molecule has 0 aliphatic heterocycles. The molecule has 0 heterocycles. The van der Waals surface area contributed by atoms with Crippen molar-refractivity contribution in [1.29, 1.82) is 0 Å². The van der Waals surface area contributed by atoms with Crippen molar-refractivity contribution >= 4 is 17.5 Å². The lowest BCUT2D eigenvalue weighted by atomic mass is 9.90. The van der Waals surface area contributed by atoms with Crippen molar-refractivity contribution in [3.05, 3.63) is 29.3 Å². The fourth-order valence-electron chi connectivity index (χ4n) is 1.73. The van der Waals surface area contributed by atoms with Gasteiger partial charge in [-0.25, -0.2) is 0 Å². The SMILES string of the molecule is CCCNC(=O)C(C)(C)C(=O)Nc1cccc(C)c1C. The second-order valence-corrected chi connectivity index (χ2v) is 5.58. The minimum absolute atomic E-state index is 0.248. The molecular weight excluding hydrogens is 252 g/mol. The third kappa shape index (κ3) is 3.59. The average Bonchev–Trinajstić information content (AvgIpc) is 2.40. The van der Waals surface area contributed by atoms with Gasteiger partial charge in [-0.2, -0.15) is 0 Å². The second kappa shape index (κ2) is 6.55. The molecule has 20 heavy (non-hydrogen) atoms. The number of carbonyl (C=O) groups is 2. The Balaban J connectivity index is 2.84. The van der Waals surface area contributed by atoms with Crippen LogP contribution in [0.3, 0.4) is 0 Å². The Morgan fingerprint density at radius 3 is 2.40 bits per heavy atom.